The first-order valence-corrected chi connectivity index (χ1v) is 9.76. The van der Waals surface area contributed by atoms with Crippen molar-refractivity contribution in [3.05, 3.63) is 42.5 Å². The molecule has 0 N–H and O–H groups in total. The Hall–Kier alpha value is -1.78. The third-order valence-electron chi connectivity index (χ3n) is 6.27. The third-order valence-corrected chi connectivity index (χ3v) is 6.27. The Bertz CT molecular complexity index is 938. The maximum Gasteiger partial charge on any atom is 0.274 e. The van der Waals surface area contributed by atoms with Crippen LogP contribution in [-0.2, 0) is 9.31 Å². The Morgan fingerprint density at radius 1 is 0.846 bits per heavy atom. The number of fused-ring (bicyclic) bond motifs is 3. The molecule has 3 nitrogen and oxygen atoms in total. The average molecular weight is 351 g/mol. The van der Waals surface area contributed by atoms with E-state index in [1.165, 1.54) is 0 Å². The van der Waals surface area contributed by atoms with E-state index in [4.69, 9.17) is 13.7 Å². The number of furan rings is 1. The lowest BCUT2D eigenvalue weighted by Gasteiger charge is -2.37. The largest absolute Gasteiger partial charge is 0.558 e. The van der Waals surface area contributed by atoms with Crippen molar-refractivity contribution in [3.63, 3.8) is 0 Å². The van der Waals surface area contributed by atoms with Crippen LogP contribution in [0.15, 0.2) is 46.9 Å². The first-order chi connectivity index (χ1) is 12.3. The summed E-state index contributed by atoms with van der Waals surface area (Å²) in [4.78, 5) is 0. The van der Waals surface area contributed by atoms with Gasteiger partial charge >= 0.3 is 0 Å². The Balaban J connectivity index is 1.95. The molecule has 0 radical (unpaired) electrons. The molecule has 1 aromatic heterocycles. The number of rotatable bonds is 4. The Labute approximate surface area is 155 Å². The summed E-state index contributed by atoms with van der Waals surface area (Å²) >= 11 is 0. The smallest absolute Gasteiger partial charge is 0.274 e. The fourth-order valence-corrected chi connectivity index (χ4v) is 4.25. The highest BCUT2D eigenvalue weighted by atomic mass is 16.7. The zero-order valence-electron chi connectivity index (χ0n) is 16.5. The number of unbranched alkanes of at least 4 members (excludes halogenated alkanes) is 1. The van der Waals surface area contributed by atoms with Crippen LogP contribution in [0.1, 0.15) is 47.5 Å². The van der Waals surface area contributed by atoms with Crippen molar-refractivity contribution in [1.82, 2.24) is 0 Å². The van der Waals surface area contributed by atoms with Crippen LogP contribution in [0.3, 0.4) is 0 Å². The fourth-order valence-electron chi connectivity index (χ4n) is 4.25. The molecule has 0 saturated carbocycles. The van der Waals surface area contributed by atoms with Crippen LogP contribution in [0.25, 0.3) is 21.9 Å². The van der Waals surface area contributed by atoms with Gasteiger partial charge in [0.05, 0.1) is 0 Å². The lowest BCUT2D eigenvalue weighted by atomic mass is 9.48. The molecule has 0 unspecified atom stereocenters. The van der Waals surface area contributed by atoms with Gasteiger partial charge in [-0.05, 0) is 33.8 Å². The molecule has 138 valence electrons. The highest BCUT2D eigenvalue weighted by Crippen LogP contribution is 2.44. The molecule has 3 aromatic rings. The summed E-state index contributed by atoms with van der Waals surface area (Å²) in [5, 5.41) is 2.27. The van der Waals surface area contributed by atoms with Gasteiger partial charge in [0.2, 0.25) is 0 Å². The monoisotopic (exact) mass is 351 g/mol. The molecule has 4 rings (SSSR count). The molecule has 0 spiro atoms. The van der Waals surface area contributed by atoms with Crippen molar-refractivity contribution < 1.29 is 13.7 Å². The molecular weight excluding hydrogens is 323 g/mol. The van der Waals surface area contributed by atoms with Crippen molar-refractivity contribution in [2.45, 2.75) is 65.0 Å². The SMILES string of the molecule is CCCC[B-]1(c2cccc3c2oc2ccccc23)OC(C)(C)C(C)(C)O1. The minimum atomic E-state index is -1.61. The number of hydrogen-bond donors (Lipinski definition) is 0. The van der Waals surface area contributed by atoms with Gasteiger partial charge < -0.3 is 13.7 Å². The first kappa shape index (κ1) is 17.6. The van der Waals surface area contributed by atoms with Crippen LogP contribution in [-0.4, -0.2) is 17.8 Å². The molecule has 2 aromatic carbocycles. The lowest BCUT2D eigenvalue weighted by Crippen LogP contribution is -2.51. The predicted molar refractivity (Wildman–Crippen MR) is 109 cm³/mol. The Morgan fingerprint density at radius 3 is 2.19 bits per heavy atom. The molecule has 26 heavy (non-hydrogen) atoms. The first-order valence-electron chi connectivity index (χ1n) is 9.76. The summed E-state index contributed by atoms with van der Waals surface area (Å²) in [5.41, 5.74) is 2.14. The van der Waals surface area contributed by atoms with Crippen LogP contribution in [0.5, 0.6) is 0 Å². The number of benzene rings is 2. The lowest BCUT2D eigenvalue weighted by molar-refractivity contribution is 0.00578. The molecule has 0 amide bonds. The Morgan fingerprint density at radius 2 is 1.50 bits per heavy atom. The summed E-state index contributed by atoms with van der Waals surface area (Å²) in [5.74, 6) is 0. The van der Waals surface area contributed by atoms with Crippen LogP contribution >= 0.6 is 0 Å². The van der Waals surface area contributed by atoms with Gasteiger partial charge in [-0.2, -0.15) is 0 Å². The number of hydrogen-bond acceptors (Lipinski definition) is 3. The molecular formula is C22H28BO3-. The topological polar surface area (TPSA) is 31.6 Å². The van der Waals surface area contributed by atoms with E-state index in [2.05, 4.69) is 65.0 Å². The third kappa shape index (κ3) is 2.50. The minimum Gasteiger partial charge on any atom is -0.558 e. The van der Waals surface area contributed by atoms with E-state index in [0.29, 0.717) is 0 Å². The van der Waals surface area contributed by atoms with Gasteiger partial charge in [0, 0.05) is 22.0 Å². The van der Waals surface area contributed by atoms with Gasteiger partial charge in [-0.3, -0.25) is 0 Å². The molecule has 0 bridgehead atoms. The van der Waals surface area contributed by atoms with Crippen LogP contribution in [0.2, 0.25) is 6.32 Å². The van der Waals surface area contributed by atoms with E-state index in [1.54, 1.807) is 0 Å². The van der Waals surface area contributed by atoms with Gasteiger partial charge in [-0.25, -0.2) is 0 Å². The summed E-state index contributed by atoms with van der Waals surface area (Å²) < 4.78 is 19.7. The zero-order chi connectivity index (χ0) is 18.6. The normalized spacial score (nSPS) is 20.8. The predicted octanol–water partition coefficient (Wildman–Crippen LogP) is 5.64. The zero-order valence-corrected chi connectivity index (χ0v) is 16.5. The van der Waals surface area contributed by atoms with E-state index in [1.807, 2.05) is 12.1 Å². The summed E-state index contributed by atoms with van der Waals surface area (Å²) in [6.07, 6.45) is 3.04. The second kappa shape index (κ2) is 5.87. The van der Waals surface area contributed by atoms with Crippen molar-refractivity contribution in [2.24, 2.45) is 0 Å². The van der Waals surface area contributed by atoms with E-state index in [0.717, 1.165) is 46.6 Å². The van der Waals surface area contributed by atoms with Crippen molar-refractivity contribution in [1.29, 1.82) is 0 Å². The van der Waals surface area contributed by atoms with Gasteiger partial charge in [-0.1, -0.05) is 56.2 Å². The second-order valence-electron chi connectivity index (χ2n) is 8.59. The minimum absolute atomic E-state index is 0.366. The number of para-hydroxylation sites is 2. The highest BCUT2D eigenvalue weighted by molar-refractivity contribution is 6.83. The molecule has 0 atom stereocenters. The molecule has 1 fully saturated rings. The average Bonchev–Trinajstić information content (AvgIpc) is 3.05. The molecule has 1 saturated heterocycles. The van der Waals surface area contributed by atoms with Crippen LogP contribution in [0, 0.1) is 0 Å². The molecule has 0 aliphatic carbocycles. The van der Waals surface area contributed by atoms with Crippen molar-refractivity contribution in [3.8, 4) is 0 Å². The maximum atomic E-state index is 6.72. The van der Waals surface area contributed by atoms with Crippen molar-refractivity contribution >= 4 is 34.0 Å². The summed E-state index contributed by atoms with van der Waals surface area (Å²) in [7, 11) is 0. The summed E-state index contributed by atoms with van der Waals surface area (Å²) in [6.45, 7) is 9.10. The van der Waals surface area contributed by atoms with Crippen LogP contribution in [0.4, 0.5) is 0 Å². The van der Waals surface area contributed by atoms with Crippen molar-refractivity contribution in [2.75, 3.05) is 0 Å². The van der Waals surface area contributed by atoms with E-state index < -0.39 is 6.55 Å². The van der Waals surface area contributed by atoms with Gasteiger partial charge in [0.15, 0.2) is 0 Å². The van der Waals surface area contributed by atoms with Crippen LogP contribution < -0.4 is 5.46 Å². The van der Waals surface area contributed by atoms with Gasteiger partial charge in [0.1, 0.15) is 11.2 Å². The van der Waals surface area contributed by atoms with E-state index in [-0.39, 0.29) is 11.2 Å². The quantitative estimate of drug-likeness (QED) is 0.570. The fraction of sp³-hybridized carbons (Fsp3) is 0.455. The van der Waals surface area contributed by atoms with Gasteiger partial charge in [0.25, 0.3) is 6.55 Å². The van der Waals surface area contributed by atoms with E-state index >= 15 is 0 Å². The summed E-state index contributed by atoms with van der Waals surface area (Å²) in [6, 6.07) is 14.5. The molecule has 2 heterocycles. The maximum absolute atomic E-state index is 6.72. The highest BCUT2D eigenvalue weighted by Gasteiger charge is 2.52. The van der Waals surface area contributed by atoms with Gasteiger partial charge in [-0.15, -0.1) is 11.8 Å². The standard InChI is InChI=1S/C22H28BO3/c1-6-7-15-23(25-21(2,3)22(4,5)26-23)18-13-10-12-17-16-11-8-9-14-19(16)24-20(17)18/h8-14H,6-7,15H2,1-5H3/q-1. The molecule has 4 heteroatoms. The second-order valence-corrected chi connectivity index (χ2v) is 8.59. The molecule has 1 aliphatic rings. The van der Waals surface area contributed by atoms with E-state index in [9.17, 15) is 0 Å². The molecule has 1 aliphatic heterocycles. The Kier molecular flexibility index (Phi) is 3.98.